The van der Waals surface area contributed by atoms with Gasteiger partial charge < -0.3 is 0 Å². The van der Waals surface area contributed by atoms with Gasteiger partial charge in [-0.3, -0.25) is 9.78 Å². The van der Waals surface area contributed by atoms with E-state index >= 15 is 0 Å². The lowest BCUT2D eigenvalue weighted by Gasteiger charge is -2.06. The van der Waals surface area contributed by atoms with Crippen LogP contribution in [-0.4, -0.2) is 10.8 Å². The minimum Gasteiger partial charge on any atom is -0.294 e. The van der Waals surface area contributed by atoms with Crippen molar-refractivity contribution in [2.45, 2.75) is 20.3 Å². The predicted molar refractivity (Wildman–Crippen MR) is 61.1 cm³/mol. The van der Waals surface area contributed by atoms with E-state index in [9.17, 15) is 4.79 Å². The molecule has 1 heterocycles. The summed E-state index contributed by atoms with van der Waals surface area (Å²) in [6.45, 7) is 3.86. The van der Waals surface area contributed by atoms with Gasteiger partial charge in [0.2, 0.25) is 0 Å². The van der Waals surface area contributed by atoms with Gasteiger partial charge in [0.15, 0.2) is 5.78 Å². The second kappa shape index (κ2) is 3.81. The fourth-order valence-electron chi connectivity index (χ4n) is 1.79. The van der Waals surface area contributed by atoms with E-state index in [4.69, 9.17) is 0 Å². The molecule has 1 aromatic carbocycles. The first-order chi connectivity index (χ1) is 7.24. The molecule has 0 saturated carbocycles. The summed E-state index contributed by atoms with van der Waals surface area (Å²) in [6, 6.07) is 7.68. The van der Waals surface area contributed by atoms with Crippen LogP contribution in [0.15, 0.2) is 30.5 Å². The molecule has 2 nitrogen and oxygen atoms in total. The van der Waals surface area contributed by atoms with Gasteiger partial charge in [-0.1, -0.05) is 13.0 Å². The van der Waals surface area contributed by atoms with E-state index in [1.165, 1.54) is 0 Å². The first-order valence-corrected chi connectivity index (χ1v) is 5.11. The molecule has 0 aliphatic rings. The number of ketones is 1. The number of rotatable bonds is 2. The van der Waals surface area contributed by atoms with Crippen molar-refractivity contribution in [3.05, 3.63) is 41.6 Å². The molecule has 0 radical (unpaired) electrons. The van der Waals surface area contributed by atoms with Crippen molar-refractivity contribution in [3.63, 3.8) is 0 Å². The van der Waals surface area contributed by atoms with Gasteiger partial charge in [-0.25, -0.2) is 0 Å². The molecule has 2 rings (SSSR count). The summed E-state index contributed by atoms with van der Waals surface area (Å²) in [4.78, 5) is 15.9. The number of hydrogen-bond acceptors (Lipinski definition) is 2. The monoisotopic (exact) mass is 199 g/mol. The molecule has 0 N–H and O–H groups in total. The average molecular weight is 199 g/mol. The molecule has 0 bridgehead atoms. The Hall–Kier alpha value is -1.70. The van der Waals surface area contributed by atoms with Gasteiger partial charge in [0.25, 0.3) is 0 Å². The third kappa shape index (κ3) is 1.63. The lowest BCUT2D eigenvalue weighted by molar-refractivity contribution is 0.0987. The summed E-state index contributed by atoms with van der Waals surface area (Å²) >= 11 is 0. The maximum absolute atomic E-state index is 11.7. The van der Waals surface area contributed by atoms with Gasteiger partial charge >= 0.3 is 0 Å². The quantitative estimate of drug-likeness (QED) is 0.695. The molecular formula is C13H13NO. The van der Waals surface area contributed by atoms with E-state index in [2.05, 4.69) is 4.98 Å². The lowest BCUT2D eigenvalue weighted by Crippen LogP contribution is -2.00. The van der Waals surface area contributed by atoms with E-state index in [0.717, 1.165) is 22.0 Å². The Morgan fingerprint density at radius 3 is 2.87 bits per heavy atom. The van der Waals surface area contributed by atoms with Crippen molar-refractivity contribution in [3.8, 4) is 0 Å². The Labute approximate surface area is 89.0 Å². The van der Waals surface area contributed by atoms with Crippen LogP contribution in [0.2, 0.25) is 0 Å². The highest BCUT2D eigenvalue weighted by atomic mass is 16.1. The maximum atomic E-state index is 11.7. The highest BCUT2D eigenvalue weighted by molar-refractivity contribution is 6.01. The molecule has 0 unspecified atom stereocenters. The first-order valence-electron chi connectivity index (χ1n) is 5.11. The second-order valence-electron chi connectivity index (χ2n) is 3.58. The van der Waals surface area contributed by atoms with Crippen LogP contribution in [0.5, 0.6) is 0 Å². The maximum Gasteiger partial charge on any atom is 0.162 e. The van der Waals surface area contributed by atoms with Crippen LogP contribution in [-0.2, 0) is 0 Å². The van der Waals surface area contributed by atoms with E-state index in [0.29, 0.717) is 6.42 Å². The molecule has 2 heteroatoms. The normalized spacial score (nSPS) is 10.5. The van der Waals surface area contributed by atoms with Gasteiger partial charge in [-0.2, -0.15) is 0 Å². The summed E-state index contributed by atoms with van der Waals surface area (Å²) in [5.74, 6) is 0.193. The zero-order valence-electron chi connectivity index (χ0n) is 8.95. The topological polar surface area (TPSA) is 30.0 Å². The minimum absolute atomic E-state index is 0.193. The second-order valence-corrected chi connectivity index (χ2v) is 3.58. The number of aryl methyl sites for hydroxylation is 1. The van der Waals surface area contributed by atoms with Gasteiger partial charge in [-0.05, 0) is 30.7 Å². The fourth-order valence-corrected chi connectivity index (χ4v) is 1.79. The summed E-state index contributed by atoms with van der Waals surface area (Å²) in [5, 5.41) is 1.07. The number of hydrogen-bond donors (Lipinski definition) is 0. The van der Waals surface area contributed by atoms with Crippen LogP contribution in [0, 0.1) is 6.92 Å². The number of benzene rings is 1. The standard InChI is InChI=1S/C13H13NO/c1-3-13(15)11-6-7-12-10(9(11)2)5-4-8-14-12/h4-8H,3H2,1-2H3. The van der Waals surface area contributed by atoms with E-state index < -0.39 is 0 Å². The van der Waals surface area contributed by atoms with E-state index in [1.807, 2.05) is 38.1 Å². The molecule has 0 aliphatic carbocycles. The van der Waals surface area contributed by atoms with Crippen LogP contribution in [0.1, 0.15) is 29.3 Å². The minimum atomic E-state index is 0.193. The van der Waals surface area contributed by atoms with Crippen LogP contribution in [0.25, 0.3) is 10.9 Å². The van der Waals surface area contributed by atoms with Crippen molar-refractivity contribution in [1.29, 1.82) is 0 Å². The summed E-state index contributed by atoms with van der Waals surface area (Å²) < 4.78 is 0. The van der Waals surface area contributed by atoms with Crippen molar-refractivity contribution < 1.29 is 4.79 Å². The van der Waals surface area contributed by atoms with Crippen molar-refractivity contribution in [2.24, 2.45) is 0 Å². The molecule has 0 atom stereocenters. The zero-order chi connectivity index (χ0) is 10.8. The number of carbonyl (C=O) groups is 1. The zero-order valence-corrected chi connectivity index (χ0v) is 8.95. The van der Waals surface area contributed by atoms with Gasteiger partial charge in [0.1, 0.15) is 0 Å². The predicted octanol–water partition coefficient (Wildman–Crippen LogP) is 3.14. The molecule has 15 heavy (non-hydrogen) atoms. The highest BCUT2D eigenvalue weighted by Gasteiger charge is 2.09. The van der Waals surface area contributed by atoms with E-state index in [-0.39, 0.29) is 5.78 Å². The molecule has 0 fully saturated rings. The number of nitrogens with zero attached hydrogens (tertiary/aromatic N) is 1. The molecular weight excluding hydrogens is 186 g/mol. The Balaban J connectivity index is 2.70. The number of carbonyl (C=O) groups excluding carboxylic acids is 1. The molecule has 1 aromatic heterocycles. The van der Waals surface area contributed by atoms with Gasteiger partial charge in [0, 0.05) is 23.6 Å². The largest absolute Gasteiger partial charge is 0.294 e. The SMILES string of the molecule is CCC(=O)c1ccc2ncccc2c1C. The van der Waals surface area contributed by atoms with Gasteiger partial charge in [-0.15, -0.1) is 0 Å². The van der Waals surface area contributed by atoms with Crippen LogP contribution in [0.4, 0.5) is 0 Å². The summed E-state index contributed by atoms with van der Waals surface area (Å²) in [6.07, 6.45) is 2.32. The summed E-state index contributed by atoms with van der Waals surface area (Å²) in [7, 11) is 0. The Morgan fingerprint density at radius 1 is 1.33 bits per heavy atom. The van der Waals surface area contributed by atoms with Crippen molar-refractivity contribution in [1.82, 2.24) is 4.98 Å². The number of Topliss-reactive ketones (excluding diaryl/α,β-unsaturated/α-hetero) is 1. The Morgan fingerprint density at radius 2 is 2.13 bits per heavy atom. The Bertz CT molecular complexity index is 517. The molecule has 0 aliphatic heterocycles. The number of aromatic nitrogens is 1. The number of fused-ring (bicyclic) bond motifs is 1. The molecule has 0 spiro atoms. The molecule has 76 valence electrons. The molecule has 2 aromatic rings. The number of pyridine rings is 1. The van der Waals surface area contributed by atoms with E-state index in [1.54, 1.807) is 6.20 Å². The van der Waals surface area contributed by atoms with Crippen LogP contribution >= 0.6 is 0 Å². The fraction of sp³-hybridized carbons (Fsp3) is 0.231. The van der Waals surface area contributed by atoms with Gasteiger partial charge in [0.05, 0.1) is 5.52 Å². The Kier molecular flexibility index (Phi) is 2.50. The van der Waals surface area contributed by atoms with Crippen LogP contribution in [0.3, 0.4) is 0 Å². The smallest absolute Gasteiger partial charge is 0.162 e. The molecule has 0 amide bonds. The molecule has 0 saturated heterocycles. The highest BCUT2D eigenvalue weighted by Crippen LogP contribution is 2.20. The third-order valence-corrected chi connectivity index (χ3v) is 2.68. The lowest BCUT2D eigenvalue weighted by atomic mass is 9.99. The summed E-state index contributed by atoms with van der Waals surface area (Å²) in [5.41, 5.74) is 2.80. The first kappa shape index (κ1) is 9.84. The average Bonchev–Trinajstić information content (AvgIpc) is 2.29. The van der Waals surface area contributed by atoms with Crippen molar-refractivity contribution in [2.75, 3.05) is 0 Å². The van der Waals surface area contributed by atoms with Crippen molar-refractivity contribution >= 4 is 16.7 Å². The third-order valence-electron chi connectivity index (χ3n) is 2.68. The van der Waals surface area contributed by atoms with Crippen LogP contribution < -0.4 is 0 Å².